The largest absolute Gasteiger partial charge is 0.398 e. The second-order valence-corrected chi connectivity index (χ2v) is 2.84. The van der Waals surface area contributed by atoms with Gasteiger partial charge in [0.2, 0.25) is 11.6 Å². The summed E-state index contributed by atoms with van der Waals surface area (Å²) in [6.45, 7) is 0.344. The average molecular weight is 236 g/mol. The minimum absolute atomic E-state index is 0.344. The first-order chi connectivity index (χ1) is 6.45. The van der Waals surface area contributed by atoms with Gasteiger partial charge >= 0.3 is 12.4 Å². The van der Waals surface area contributed by atoms with Gasteiger partial charge in [0.1, 0.15) is 12.3 Å². The Morgan fingerprint density at radius 3 is 1.73 bits per heavy atom. The highest BCUT2D eigenvalue weighted by molar-refractivity contribution is 6.38. The lowest BCUT2D eigenvalue weighted by atomic mass is 10.0. The lowest BCUT2D eigenvalue weighted by molar-refractivity contribution is -0.183. The number of Topliss-reactive ketones (excluding diaryl/α,β-unsaturated/α-hetero) is 2. The predicted molar refractivity (Wildman–Crippen MR) is 35.9 cm³/mol. The van der Waals surface area contributed by atoms with Crippen LogP contribution in [0.25, 0.3) is 0 Å². The zero-order valence-corrected chi connectivity index (χ0v) is 7.37. The Bertz CT molecular complexity index is 264. The molecule has 15 heavy (non-hydrogen) atoms. The molecule has 0 saturated carbocycles. The Balaban J connectivity index is 4.54. The van der Waals surface area contributed by atoms with Gasteiger partial charge in [0, 0.05) is 0 Å². The molecule has 8 heteroatoms. The van der Waals surface area contributed by atoms with E-state index in [4.69, 9.17) is 0 Å². The molecule has 0 bridgehead atoms. The highest BCUT2D eigenvalue weighted by Gasteiger charge is 2.45. The Morgan fingerprint density at radius 1 is 1.07 bits per heavy atom. The normalized spacial score (nSPS) is 14.9. The van der Waals surface area contributed by atoms with E-state index in [1.54, 1.807) is 0 Å². The molecule has 0 rings (SSSR count). The molecule has 0 spiro atoms. The molecule has 0 aromatic heterocycles. The minimum Gasteiger partial charge on any atom is -0.291 e. The van der Waals surface area contributed by atoms with E-state index >= 15 is 0 Å². The van der Waals surface area contributed by atoms with Crippen molar-refractivity contribution in [1.82, 2.24) is 0 Å². The van der Waals surface area contributed by atoms with E-state index in [0.29, 0.717) is 6.92 Å². The number of halogens is 6. The van der Waals surface area contributed by atoms with Crippen LogP contribution in [0.3, 0.4) is 0 Å². The Kier molecular flexibility index (Phi) is 3.89. The molecular formula is C7H6F6O2. The second kappa shape index (κ2) is 4.19. The zero-order valence-electron chi connectivity index (χ0n) is 7.37. The summed E-state index contributed by atoms with van der Waals surface area (Å²) in [5.41, 5.74) is 0. The van der Waals surface area contributed by atoms with Crippen molar-refractivity contribution < 1.29 is 35.9 Å². The van der Waals surface area contributed by atoms with Gasteiger partial charge in [0.15, 0.2) is 0 Å². The van der Waals surface area contributed by atoms with Crippen molar-refractivity contribution in [1.29, 1.82) is 0 Å². The first-order valence-corrected chi connectivity index (χ1v) is 3.65. The van der Waals surface area contributed by atoms with Crippen LogP contribution in [-0.4, -0.2) is 23.9 Å². The highest BCUT2D eigenvalue weighted by Crippen LogP contribution is 2.28. The fraction of sp³-hybridized carbons (Fsp3) is 0.714. The summed E-state index contributed by atoms with van der Waals surface area (Å²) in [6.07, 6.45) is -12.1. The van der Waals surface area contributed by atoms with E-state index in [1.807, 2.05) is 0 Å². The van der Waals surface area contributed by atoms with Gasteiger partial charge in [-0.2, -0.15) is 26.3 Å². The fourth-order valence-electron chi connectivity index (χ4n) is 0.659. The quantitative estimate of drug-likeness (QED) is 0.556. The average Bonchev–Trinajstić information content (AvgIpc) is 1.96. The summed E-state index contributed by atoms with van der Waals surface area (Å²) in [5, 5.41) is 0. The van der Waals surface area contributed by atoms with E-state index in [-0.39, 0.29) is 0 Å². The summed E-state index contributed by atoms with van der Waals surface area (Å²) in [6, 6.07) is 0. The van der Waals surface area contributed by atoms with Crippen molar-refractivity contribution in [3.8, 4) is 0 Å². The van der Waals surface area contributed by atoms with E-state index in [9.17, 15) is 35.9 Å². The smallest absolute Gasteiger partial charge is 0.291 e. The lowest BCUT2D eigenvalue weighted by Gasteiger charge is -2.13. The van der Waals surface area contributed by atoms with Gasteiger partial charge in [0.05, 0.1) is 0 Å². The van der Waals surface area contributed by atoms with Crippen LogP contribution < -0.4 is 0 Å². The molecule has 0 aliphatic heterocycles. The van der Waals surface area contributed by atoms with E-state index < -0.39 is 36.3 Å². The number of alkyl halides is 6. The van der Waals surface area contributed by atoms with Crippen molar-refractivity contribution in [3.63, 3.8) is 0 Å². The molecule has 0 radical (unpaired) electrons. The monoisotopic (exact) mass is 236 g/mol. The van der Waals surface area contributed by atoms with Crippen LogP contribution in [-0.2, 0) is 9.59 Å². The molecule has 0 saturated heterocycles. The van der Waals surface area contributed by atoms with Crippen molar-refractivity contribution in [2.45, 2.75) is 25.7 Å². The van der Waals surface area contributed by atoms with Crippen molar-refractivity contribution in [3.05, 3.63) is 0 Å². The number of hydrogen-bond donors (Lipinski definition) is 0. The van der Waals surface area contributed by atoms with Crippen molar-refractivity contribution in [2.24, 2.45) is 5.92 Å². The van der Waals surface area contributed by atoms with Crippen LogP contribution in [0.5, 0.6) is 0 Å². The van der Waals surface area contributed by atoms with E-state index in [2.05, 4.69) is 0 Å². The van der Waals surface area contributed by atoms with Gasteiger partial charge in [-0.1, -0.05) is 0 Å². The minimum atomic E-state index is -5.00. The van der Waals surface area contributed by atoms with Crippen molar-refractivity contribution in [2.75, 3.05) is 0 Å². The number of rotatable bonds is 3. The summed E-state index contributed by atoms with van der Waals surface area (Å²) >= 11 is 0. The first kappa shape index (κ1) is 13.9. The van der Waals surface area contributed by atoms with Crippen molar-refractivity contribution >= 4 is 11.6 Å². The number of carbonyl (C=O) groups is 2. The second-order valence-electron chi connectivity index (χ2n) is 2.84. The standard InChI is InChI=1S/C7H6F6O2/c1-3(7(11,12)13)5(15)4(14)2-6(8,9)10/h3H,2H2,1H3. The maximum atomic E-state index is 11.8. The van der Waals surface area contributed by atoms with Crippen LogP contribution >= 0.6 is 0 Å². The molecule has 0 aliphatic carbocycles. The van der Waals surface area contributed by atoms with E-state index in [0.717, 1.165) is 0 Å². The Hall–Kier alpha value is -1.08. The van der Waals surface area contributed by atoms with Crippen LogP contribution in [0, 0.1) is 5.92 Å². The van der Waals surface area contributed by atoms with Crippen LogP contribution in [0.1, 0.15) is 13.3 Å². The molecule has 1 atom stereocenters. The van der Waals surface area contributed by atoms with Crippen LogP contribution in [0.4, 0.5) is 26.3 Å². The Labute approximate surface area is 80.2 Å². The Morgan fingerprint density at radius 2 is 1.47 bits per heavy atom. The molecule has 2 nitrogen and oxygen atoms in total. The summed E-state index contributed by atoms with van der Waals surface area (Å²) in [4.78, 5) is 21.1. The molecule has 88 valence electrons. The molecule has 0 N–H and O–H groups in total. The molecule has 0 aromatic carbocycles. The molecule has 0 amide bonds. The molecule has 1 unspecified atom stereocenters. The van der Waals surface area contributed by atoms with Gasteiger partial charge in [-0.15, -0.1) is 0 Å². The number of hydrogen-bond acceptors (Lipinski definition) is 2. The molecule has 0 aliphatic rings. The van der Waals surface area contributed by atoms with Crippen LogP contribution in [0.2, 0.25) is 0 Å². The lowest BCUT2D eigenvalue weighted by Crippen LogP contribution is -2.34. The maximum Gasteiger partial charge on any atom is 0.398 e. The summed E-state index contributed by atoms with van der Waals surface area (Å²) < 4.78 is 70.2. The third-order valence-electron chi connectivity index (χ3n) is 1.52. The summed E-state index contributed by atoms with van der Waals surface area (Å²) in [5.74, 6) is -6.85. The number of carbonyl (C=O) groups excluding carboxylic acids is 2. The number of ketones is 2. The van der Waals surface area contributed by atoms with Crippen LogP contribution in [0.15, 0.2) is 0 Å². The highest BCUT2D eigenvalue weighted by atomic mass is 19.4. The molecule has 0 aromatic rings. The van der Waals surface area contributed by atoms with Gasteiger partial charge in [0.25, 0.3) is 0 Å². The fourth-order valence-corrected chi connectivity index (χ4v) is 0.659. The van der Waals surface area contributed by atoms with E-state index in [1.165, 1.54) is 0 Å². The van der Waals surface area contributed by atoms with Gasteiger partial charge < -0.3 is 0 Å². The third kappa shape index (κ3) is 4.80. The molecule has 0 fully saturated rings. The molecular weight excluding hydrogens is 230 g/mol. The van der Waals surface area contributed by atoms with Gasteiger partial charge in [-0.05, 0) is 6.92 Å². The third-order valence-corrected chi connectivity index (χ3v) is 1.52. The zero-order chi connectivity index (χ0) is 12.4. The van der Waals surface area contributed by atoms with Gasteiger partial charge in [-0.25, -0.2) is 0 Å². The predicted octanol–water partition coefficient (Wildman–Crippen LogP) is 2.28. The molecule has 0 heterocycles. The topological polar surface area (TPSA) is 34.1 Å². The maximum absolute atomic E-state index is 11.8. The SMILES string of the molecule is CC(C(=O)C(=O)CC(F)(F)F)C(F)(F)F. The van der Waals surface area contributed by atoms with Gasteiger partial charge in [-0.3, -0.25) is 9.59 Å². The first-order valence-electron chi connectivity index (χ1n) is 3.65. The summed E-state index contributed by atoms with van der Waals surface area (Å²) in [7, 11) is 0.